The van der Waals surface area contributed by atoms with Crippen LogP contribution in [0.2, 0.25) is 0 Å². The summed E-state index contributed by atoms with van der Waals surface area (Å²) < 4.78 is 5.13. The van der Waals surface area contributed by atoms with E-state index < -0.39 is 0 Å². The van der Waals surface area contributed by atoms with Gasteiger partial charge in [0.05, 0.1) is 18.4 Å². The van der Waals surface area contributed by atoms with Crippen molar-refractivity contribution in [3.05, 3.63) is 23.8 Å². The average molecular weight is 248 g/mol. The second-order valence-electron chi connectivity index (χ2n) is 4.90. The lowest BCUT2D eigenvalue weighted by Crippen LogP contribution is -2.34. The maximum Gasteiger partial charge on any atom is 0.255 e. The van der Waals surface area contributed by atoms with Crippen LogP contribution in [0.4, 0.5) is 5.69 Å². The molecule has 1 amide bonds. The summed E-state index contributed by atoms with van der Waals surface area (Å²) in [6.07, 6.45) is 3.74. The van der Waals surface area contributed by atoms with E-state index in [0.717, 1.165) is 6.54 Å². The second kappa shape index (κ2) is 5.29. The molecule has 1 saturated carbocycles. The number of anilines is 1. The van der Waals surface area contributed by atoms with Gasteiger partial charge in [-0.3, -0.25) is 4.79 Å². The minimum Gasteiger partial charge on any atom is -0.495 e. The van der Waals surface area contributed by atoms with Crippen LogP contribution < -0.4 is 10.5 Å². The number of benzene rings is 1. The van der Waals surface area contributed by atoms with E-state index in [1.54, 1.807) is 30.2 Å². The van der Waals surface area contributed by atoms with Crippen molar-refractivity contribution >= 4 is 11.6 Å². The van der Waals surface area contributed by atoms with Gasteiger partial charge < -0.3 is 15.4 Å². The lowest BCUT2D eigenvalue weighted by molar-refractivity contribution is 0.0746. The molecule has 1 aliphatic carbocycles. The number of carbonyl (C=O) groups is 1. The Morgan fingerprint density at radius 3 is 2.78 bits per heavy atom. The molecule has 4 nitrogen and oxygen atoms in total. The van der Waals surface area contributed by atoms with Crippen LogP contribution in [0.5, 0.6) is 5.75 Å². The first-order chi connectivity index (χ1) is 8.63. The number of nitrogen functional groups attached to an aromatic ring is 1. The predicted octanol–water partition coefficient (Wildman–Crippen LogP) is 2.15. The maximum atomic E-state index is 12.3. The van der Waals surface area contributed by atoms with Crippen LogP contribution in [0.3, 0.4) is 0 Å². The van der Waals surface area contributed by atoms with Crippen LogP contribution in [0.25, 0.3) is 0 Å². The lowest BCUT2D eigenvalue weighted by atomic mass is 9.85. The number of methoxy groups -OCH3 is 1. The van der Waals surface area contributed by atoms with Crippen LogP contribution in [-0.4, -0.2) is 31.5 Å². The number of carbonyl (C=O) groups excluding carboxylic acids is 1. The molecule has 1 aliphatic rings. The molecule has 0 aromatic heterocycles. The van der Waals surface area contributed by atoms with Crippen LogP contribution >= 0.6 is 0 Å². The monoisotopic (exact) mass is 248 g/mol. The molecule has 0 spiro atoms. The van der Waals surface area contributed by atoms with Gasteiger partial charge in [-0.2, -0.15) is 0 Å². The summed E-state index contributed by atoms with van der Waals surface area (Å²) in [5.41, 5.74) is 6.88. The smallest absolute Gasteiger partial charge is 0.255 e. The predicted molar refractivity (Wildman–Crippen MR) is 71.7 cm³/mol. The topological polar surface area (TPSA) is 55.6 Å². The highest BCUT2D eigenvalue weighted by Gasteiger charge is 2.23. The Balaban J connectivity index is 2.11. The fourth-order valence-electron chi connectivity index (χ4n) is 2.26. The van der Waals surface area contributed by atoms with Crippen molar-refractivity contribution in [3.63, 3.8) is 0 Å². The first kappa shape index (κ1) is 12.7. The molecule has 0 saturated heterocycles. The van der Waals surface area contributed by atoms with Crippen molar-refractivity contribution in [2.24, 2.45) is 5.92 Å². The molecular weight excluding hydrogens is 228 g/mol. The normalized spacial score (nSPS) is 15.0. The number of hydrogen-bond acceptors (Lipinski definition) is 3. The summed E-state index contributed by atoms with van der Waals surface area (Å²) in [4.78, 5) is 14.1. The molecule has 1 aromatic rings. The average Bonchev–Trinajstić information content (AvgIpc) is 2.33. The van der Waals surface area contributed by atoms with E-state index in [9.17, 15) is 4.79 Å². The van der Waals surface area contributed by atoms with Crippen molar-refractivity contribution in [3.8, 4) is 5.75 Å². The van der Waals surface area contributed by atoms with Gasteiger partial charge in [0.2, 0.25) is 0 Å². The van der Waals surface area contributed by atoms with E-state index in [-0.39, 0.29) is 5.91 Å². The van der Waals surface area contributed by atoms with Gasteiger partial charge in [0.15, 0.2) is 0 Å². The Labute approximate surface area is 108 Å². The third kappa shape index (κ3) is 2.42. The molecule has 0 unspecified atom stereocenters. The fraction of sp³-hybridized carbons (Fsp3) is 0.500. The summed E-state index contributed by atoms with van der Waals surface area (Å²) in [7, 11) is 3.39. The number of para-hydroxylation sites is 1. The van der Waals surface area contributed by atoms with Crippen LogP contribution in [-0.2, 0) is 0 Å². The molecular formula is C14H20N2O2. The van der Waals surface area contributed by atoms with Gasteiger partial charge in [0.1, 0.15) is 5.75 Å². The molecule has 1 aromatic carbocycles. The van der Waals surface area contributed by atoms with Gasteiger partial charge in [-0.25, -0.2) is 0 Å². The third-order valence-corrected chi connectivity index (χ3v) is 3.62. The molecule has 18 heavy (non-hydrogen) atoms. The number of hydrogen-bond donors (Lipinski definition) is 1. The number of rotatable bonds is 4. The highest BCUT2D eigenvalue weighted by atomic mass is 16.5. The minimum atomic E-state index is -0.0294. The van der Waals surface area contributed by atoms with Crippen LogP contribution in [0.15, 0.2) is 18.2 Å². The highest BCUT2D eigenvalue weighted by molar-refractivity contribution is 6.00. The van der Waals surface area contributed by atoms with Crippen molar-refractivity contribution in [2.75, 3.05) is 26.4 Å². The van der Waals surface area contributed by atoms with E-state index in [0.29, 0.717) is 22.9 Å². The Bertz CT molecular complexity index is 441. The van der Waals surface area contributed by atoms with E-state index in [2.05, 4.69) is 0 Å². The Morgan fingerprint density at radius 1 is 1.50 bits per heavy atom. The number of ether oxygens (including phenoxy) is 1. The Hall–Kier alpha value is -1.71. The Morgan fingerprint density at radius 2 is 2.22 bits per heavy atom. The van der Waals surface area contributed by atoms with Gasteiger partial charge in [0, 0.05) is 13.6 Å². The van der Waals surface area contributed by atoms with Crippen molar-refractivity contribution in [1.82, 2.24) is 4.90 Å². The summed E-state index contributed by atoms with van der Waals surface area (Å²) in [5, 5.41) is 0. The van der Waals surface area contributed by atoms with Crippen LogP contribution in [0.1, 0.15) is 29.6 Å². The molecule has 98 valence electrons. The van der Waals surface area contributed by atoms with Gasteiger partial charge in [0.25, 0.3) is 5.91 Å². The summed E-state index contributed by atoms with van der Waals surface area (Å²) >= 11 is 0. The maximum absolute atomic E-state index is 12.3. The summed E-state index contributed by atoms with van der Waals surface area (Å²) in [5.74, 6) is 1.18. The zero-order valence-corrected chi connectivity index (χ0v) is 11.0. The van der Waals surface area contributed by atoms with E-state index in [1.165, 1.54) is 19.3 Å². The minimum absolute atomic E-state index is 0.0294. The van der Waals surface area contributed by atoms with E-state index in [1.807, 2.05) is 7.05 Å². The molecule has 4 heteroatoms. The fourth-order valence-corrected chi connectivity index (χ4v) is 2.26. The molecule has 0 aliphatic heterocycles. The van der Waals surface area contributed by atoms with Gasteiger partial charge in [-0.05, 0) is 30.9 Å². The van der Waals surface area contributed by atoms with Crippen molar-refractivity contribution < 1.29 is 9.53 Å². The number of nitrogens with two attached hydrogens (primary N) is 1. The summed E-state index contributed by atoms with van der Waals surface area (Å²) in [6.45, 7) is 0.815. The Kier molecular flexibility index (Phi) is 3.75. The second-order valence-corrected chi connectivity index (χ2v) is 4.90. The molecule has 1 fully saturated rings. The van der Waals surface area contributed by atoms with E-state index in [4.69, 9.17) is 10.5 Å². The highest BCUT2D eigenvalue weighted by Crippen LogP contribution is 2.29. The molecule has 0 bridgehead atoms. The quantitative estimate of drug-likeness (QED) is 0.831. The van der Waals surface area contributed by atoms with Crippen molar-refractivity contribution in [2.45, 2.75) is 19.3 Å². The zero-order chi connectivity index (χ0) is 13.1. The zero-order valence-electron chi connectivity index (χ0n) is 11.0. The SMILES string of the molecule is COc1cccc(C(=O)N(C)CC2CCC2)c1N. The first-order valence-electron chi connectivity index (χ1n) is 6.31. The van der Waals surface area contributed by atoms with Crippen molar-refractivity contribution in [1.29, 1.82) is 0 Å². The van der Waals surface area contributed by atoms with Gasteiger partial charge >= 0.3 is 0 Å². The molecule has 0 radical (unpaired) electrons. The largest absolute Gasteiger partial charge is 0.495 e. The standard InChI is InChI=1S/C14H20N2O2/c1-16(9-10-5-3-6-10)14(17)11-7-4-8-12(18-2)13(11)15/h4,7-8,10H,3,5-6,9,15H2,1-2H3. The first-order valence-corrected chi connectivity index (χ1v) is 6.31. The third-order valence-electron chi connectivity index (χ3n) is 3.62. The summed E-state index contributed by atoms with van der Waals surface area (Å²) in [6, 6.07) is 5.30. The lowest BCUT2D eigenvalue weighted by Gasteiger charge is -2.30. The van der Waals surface area contributed by atoms with Gasteiger partial charge in [-0.1, -0.05) is 12.5 Å². The molecule has 0 heterocycles. The molecule has 2 rings (SSSR count). The van der Waals surface area contributed by atoms with Crippen LogP contribution in [0, 0.1) is 5.92 Å². The molecule has 0 atom stereocenters. The van der Waals surface area contributed by atoms with Gasteiger partial charge in [-0.15, -0.1) is 0 Å². The number of amides is 1. The van der Waals surface area contributed by atoms with E-state index >= 15 is 0 Å². The molecule has 2 N–H and O–H groups in total. The number of nitrogens with zero attached hydrogens (tertiary/aromatic N) is 1.